The van der Waals surface area contributed by atoms with Crippen LogP contribution in [0.15, 0.2) is 30.5 Å². The van der Waals surface area contributed by atoms with Crippen LogP contribution in [0.5, 0.6) is 0 Å². The molecule has 2 aliphatic rings. The molecule has 10 heteroatoms. The van der Waals surface area contributed by atoms with E-state index in [0.717, 1.165) is 56.5 Å². The second kappa shape index (κ2) is 9.76. The summed E-state index contributed by atoms with van der Waals surface area (Å²) in [5.41, 5.74) is 7.89. The lowest BCUT2D eigenvalue weighted by Crippen LogP contribution is -2.33. The predicted molar refractivity (Wildman–Crippen MR) is 132 cm³/mol. The highest BCUT2D eigenvalue weighted by molar-refractivity contribution is 6.30. The van der Waals surface area contributed by atoms with Gasteiger partial charge < -0.3 is 21.1 Å². The summed E-state index contributed by atoms with van der Waals surface area (Å²) in [5.74, 6) is 0.988. The number of halogens is 1. The molecular weight excluding hydrogens is 454 g/mol. The van der Waals surface area contributed by atoms with Crippen molar-refractivity contribution in [1.82, 2.24) is 19.5 Å². The Morgan fingerprint density at radius 3 is 2.76 bits per heavy atom. The summed E-state index contributed by atoms with van der Waals surface area (Å²) in [7, 11) is 0. The predicted octanol–water partition coefficient (Wildman–Crippen LogP) is 4.42. The molecule has 0 radical (unpaired) electrons. The number of amides is 1. The van der Waals surface area contributed by atoms with Crippen molar-refractivity contribution < 1.29 is 9.53 Å². The van der Waals surface area contributed by atoms with Crippen LogP contribution in [-0.4, -0.2) is 44.2 Å². The molecule has 34 heavy (non-hydrogen) atoms. The topological polar surface area (TPSA) is 120 Å². The number of ether oxygens (including phenoxy) is 1. The number of hydrogen-bond acceptors (Lipinski definition) is 7. The van der Waals surface area contributed by atoms with Crippen LogP contribution >= 0.6 is 11.6 Å². The van der Waals surface area contributed by atoms with Crippen LogP contribution in [0.1, 0.15) is 51.5 Å². The molecule has 0 spiro atoms. The van der Waals surface area contributed by atoms with Crippen LogP contribution in [-0.2, 0) is 9.53 Å². The van der Waals surface area contributed by atoms with Crippen molar-refractivity contribution in [3.05, 3.63) is 35.5 Å². The van der Waals surface area contributed by atoms with Crippen LogP contribution in [0, 0.1) is 5.92 Å². The number of anilines is 3. The molecule has 180 valence electrons. The Morgan fingerprint density at radius 2 is 2.03 bits per heavy atom. The zero-order valence-electron chi connectivity index (χ0n) is 19.2. The van der Waals surface area contributed by atoms with Gasteiger partial charge in [0.1, 0.15) is 5.52 Å². The van der Waals surface area contributed by atoms with Crippen LogP contribution in [0.3, 0.4) is 0 Å². The van der Waals surface area contributed by atoms with E-state index in [0.29, 0.717) is 22.4 Å². The molecule has 5 rings (SSSR count). The molecule has 1 saturated carbocycles. The van der Waals surface area contributed by atoms with E-state index in [1.165, 1.54) is 0 Å². The molecule has 2 atom stereocenters. The first-order valence-electron chi connectivity index (χ1n) is 11.9. The highest BCUT2D eigenvalue weighted by Gasteiger charge is 2.29. The third kappa shape index (κ3) is 4.95. The van der Waals surface area contributed by atoms with Crippen molar-refractivity contribution in [3.8, 4) is 0 Å². The molecule has 1 amide bonds. The van der Waals surface area contributed by atoms with Crippen LogP contribution in [0.4, 0.5) is 17.6 Å². The van der Waals surface area contributed by atoms with Crippen LogP contribution < -0.4 is 16.4 Å². The van der Waals surface area contributed by atoms with E-state index in [1.807, 2.05) is 24.3 Å². The minimum absolute atomic E-state index is 0.0715. The second-order valence-corrected chi connectivity index (χ2v) is 9.73. The number of rotatable bonds is 6. The Bertz CT molecular complexity index is 1180. The molecule has 9 nitrogen and oxygen atoms in total. The van der Waals surface area contributed by atoms with Gasteiger partial charge in [-0.2, -0.15) is 4.98 Å². The lowest BCUT2D eigenvalue weighted by atomic mass is 9.85. The third-order valence-corrected chi connectivity index (χ3v) is 7.03. The van der Waals surface area contributed by atoms with Crippen molar-refractivity contribution in [1.29, 1.82) is 0 Å². The van der Waals surface area contributed by atoms with Gasteiger partial charge in [-0.25, -0.2) is 9.97 Å². The first kappa shape index (κ1) is 22.9. The number of fused-ring (bicyclic) bond motifs is 1. The van der Waals surface area contributed by atoms with Crippen molar-refractivity contribution in [3.63, 3.8) is 0 Å². The summed E-state index contributed by atoms with van der Waals surface area (Å²) in [6, 6.07) is 7.96. The number of primary amides is 1. The van der Waals surface area contributed by atoms with Gasteiger partial charge >= 0.3 is 0 Å². The van der Waals surface area contributed by atoms with E-state index in [-0.39, 0.29) is 30.0 Å². The van der Waals surface area contributed by atoms with Gasteiger partial charge in [0.05, 0.1) is 12.3 Å². The maximum Gasteiger partial charge on any atom is 0.224 e. The fourth-order valence-corrected chi connectivity index (χ4v) is 5.21. The SMILES string of the molecule is C[C@@H]1C[C@H](Nc2ncc3nc(Nc4cccc(Cl)c4)n(C4CCC(C(N)=O)CC4)c3n2)CCO1. The summed E-state index contributed by atoms with van der Waals surface area (Å²) in [6.45, 7) is 2.82. The summed E-state index contributed by atoms with van der Waals surface area (Å²) < 4.78 is 7.81. The van der Waals surface area contributed by atoms with E-state index < -0.39 is 0 Å². The molecule has 4 N–H and O–H groups in total. The molecule has 2 aromatic heterocycles. The number of carbonyl (C=O) groups is 1. The van der Waals surface area contributed by atoms with Crippen molar-refractivity contribution in [2.75, 3.05) is 17.2 Å². The number of hydrogen-bond donors (Lipinski definition) is 3. The van der Waals surface area contributed by atoms with Gasteiger partial charge in [-0.05, 0) is 63.6 Å². The highest BCUT2D eigenvalue weighted by Crippen LogP contribution is 2.37. The van der Waals surface area contributed by atoms with E-state index >= 15 is 0 Å². The van der Waals surface area contributed by atoms with Gasteiger partial charge in [-0.1, -0.05) is 17.7 Å². The van der Waals surface area contributed by atoms with Gasteiger partial charge in [0.2, 0.25) is 17.8 Å². The molecule has 0 bridgehead atoms. The quantitative estimate of drug-likeness (QED) is 0.474. The molecule has 1 saturated heterocycles. The fourth-order valence-electron chi connectivity index (χ4n) is 5.02. The zero-order valence-corrected chi connectivity index (χ0v) is 20.0. The summed E-state index contributed by atoms with van der Waals surface area (Å²) >= 11 is 6.20. The molecule has 2 fully saturated rings. The Balaban J connectivity index is 1.48. The monoisotopic (exact) mass is 483 g/mol. The van der Waals surface area contributed by atoms with Crippen molar-refractivity contribution in [2.45, 2.75) is 63.6 Å². The van der Waals surface area contributed by atoms with Gasteiger partial charge in [0.25, 0.3) is 0 Å². The number of aromatic nitrogens is 4. The number of imidazole rings is 1. The van der Waals surface area contributed by atoms with Crippen LogP contribution in [0.25, 0.3) is 11.2 Å². The first-order chi connectivity index (χ1) is 16.5. The molecule has 1 aliphatic carbocycles. The number of nitrogens with one attached hydrogen (secondary N) is 2. The van der Waals surface area contributed by atoms with E-state index in [4.69, 9.17) is 32.0 Å². The average molecular weight is 484 g/mol. The number of nitrogens with two attached hydrogens (primary N) is 1. The maximum absolute atomic E-state index is 11.7. The number of nitrogens with zero attached hydrogens (tertiary/aromatic N) is 4. The Labute approximate surface area is 203 Å². The summed E-state index contributed by atoms with van der Waals surface area (Å²) in [6.07, 6.45) is 6.99. The van der Waals surface area contributed by atoms with Gasteiger partial charge in [0, 0.05) is 35.3 Å². The summed E-state index contributed by atoms with van der Waals surface area (Å²) in [5, 5.41) is 7.54. The average Bonchev–Trinajstić information content (AvgIpc) is 3.16. The molecule has 3 aromatic rings. The molecule has 1 aromatic carbocycles. The minimum atomic E-state index is -0.217. The maximum atomic E-state index is 11.7. The minimum Gasteiger partial charge on any atom is -0.378 e. The van der Waals surface area contributed by atoms with Gasteiger partial charge in [-0.3, -0.25) is 9.36 Å². The summed E-state index contributed by atoms with van der Waals surface area (Å²) in [4.78, 5) is 25.9. The third-order valence-electron chi connectivity index (χ3n) is 6.80. The highest BCUT2D eigenvalue weighted by atomic mass is 35.5. The van der Waals surface area contributed by atoms with Crippen LogP contribution in [0.2, 0.25) is 5.02 Å². The first-order valence-corrected chi connectivity index (χ1v) is 12.3. The molecule has 0 unspecified atom stereocenters. The lowest BCUT2D eigenvalue weighted by Gasteiger charge is -2.29. The Kier molecular flexibility index (Phi) is 6.56. The zero-order chi connectivity index (χ0) is 23.7. The van der Waals surface area contributed by atoms with Gasteiger partial charge in [-0.15, -0.1) is 0 Å². The van der Waals surface area contributed by atoms with Crippen molar-refractivity contribution in [2.24, 2.45) is 11.7 Å². The van der Waals surface area contributed by atoms with Crippen molar-refractivity contribution >= 4 is 46.3 Å². The largest absolute Gasteiger partial charge is 0.378 e. The lowest BCUT2D eigenvalue weighted by molar-refractivity contribution is -0.122. The van der Waals surface area contributed by atoms with Gasteiger partial charge in [0.15, 0.2) is 5.65 Å². The Hall–Kier alpha value is -2.91. The molecular formula is C24H30ClN7O2. The second-order valence-electron chi connectivity index (χ2n) is 9.30. The normalized spacial score (nSPS) is 25.2. The fraction of sp³-hybridized carbons (Fsp3) is 0.500. The molecule has 3 heterocycles. The number of benzene rings is 1. The van der Waals surface area contributed by atoms with E-state index in [9.17, 15) is 4.79 Å². The van der Waals surface area contributed by atoms with E-state index in [1.54, 1.807) is 6.20 Å². The number of carbonyl (C=O) groups excluding carboxylic acids is 1. The standard InChI is InChI=1S/C24H30ClN7O2/c1-14-11-18(9-10-34-14)28-23-27-13-20-22(31-23)32(19-7-5-15(6-8-19)21(26)33)24(30-20)29-17-4-2-3-16(25)12-17/h2-4,12-15,18-19H,5-11H2,1H3,(H2,26,33)(H,29,30)(H,27,28,31)/t14-,15?,18-,19?/m1/s1. The molecule has 1 aliphatic heterocycles. The smallest absolute Gasteiger partial charge is 0.224 e. The Morgan fingerprint density at radius 1 is 1.21 bits per heavy atom. The van der Waals surface area contributed by atoms with E-state index in [2.05, 4.69) is 27.1 Å².